The Morgan fingerprint density at radius 3 is 2.00 bits per heavy atom. The number of methoxy groups -OCH3 is 1. The maximum Gasteiger partial charge on any atom is 0.328 e. The number of hydrogen-bond acceptors (Lipinski definition) is 6. The summed E-state index contributed by atoms with van der Waals surface area (Å²) in [5, 5.41) is 7.84. The van der Waals surface area contributed by atoms with Gasteiger partial charge >= 0.3 is 5.97 Å². The predicted molar refractivity (Wildman–Crippen MR) is 141 cm³/mol. The molecule has 1 heterocycles. The predicted octanol–water partition coefficient (Wildman–Crippen LogP) is 2.44. The van der Waals surface area contributed by atoms with Crippen LogP contribution < -0.4 is 16.0 Å². The van der Waals surface area contributed by atoms with Crippen LogP contribution in [-0.2, 0) is 28.7 Å². The molecule has 0 aromatic heterocycles. The first-order valence-electron chi connectivity index (χ1n) is 13.8. The van der Waals surface area contributed by atoms with E-state index >= 15 is 0 Å². The van der Waals surface area contributed by atoms with Gasteiger partial charge in [-0.2, -0.15) is 0 Å². The van der Waals surface area contributed by atoms with Crippen molar-refractivity contribution in [3.8, 4) is 0 Å². The Kier molecular flexibility index (Phi) is 14.9. The molecular weight excluding hydrogens is 476 g/mol. The molecule has 1 fully saturated rings. The molecule has 4 amide bonds. The molecule has 10 nitrogen and oxygen atoms in total. The van der Waals surface area contributed by atoms with Crippen LogP contribution in [0.25, 0.3) is 0 Å². The Hall–Kier alpha value is -2.65. The van der Waals surface area contributed by atoms with E-state index < -0.39 is 42.0 Å². The number of carbonyl (C=O) groups is 5. The third-order valence-corrected chi connectivity index (χ3v) is 6.79. The summed E-state index contributed by atoms with van der Waals surface area (Å²) in [6.45, 7) is 9.30. The van der Waals surface area contributed by atoms with Gasteiger partial charge in [-0.15, -0.1) is 0 Å². The van der Waals surface area contributed by atoms with Crippen LogP contribution in [0.2, 0.25) is 0 Å². The van der Waals surface area contributed by atoms with E-state index in [0.717, 1.165) is 25.7 Å². The minimum atomic E-state index is -0.927. The minimum absolute atomic E-state index is 0.0149. The van der Waals surface area contributed by atoms with Gasteiger partial charge in [0.2, 0.25) is 23.6 Å². The number of esters is 1. The average molecular weight is 525 g/mol. The Morgan fingerprint density at radius 1 is 0.838 bits per heavy atom. The third-order valence-electron chi connectivity index (χ3n) is 6.79. The third kappa shape index (κ3) is 11.1. The Labute approximate surface area is 222 Å². The van der Waals surface area contributed by atoms with Crippen LogP contribution >= 0.6 is 0 Å². The number of nitrogens with zero attached hydrogens (tertiary/aromatic N) is 1. The lowest BCUT2D eigenvalue weighted by Gasteiger charge is -2.26. The average Bonchev–Trinajstić information content (AvgIpc) is 3.36. The number of nitrogens with one attached hydrogen (secondary N) is 3. The number of carbonyl (C=O) groups excluding carboxylic acids is 5. The van der Waals surface area contributed by atoms with Gasteiger partial charge in [0.05, 0.1) is 7.11 Å². The molecule has 0 spiro atoms. The lowest BCUT2D eigenvalue weighted by molar-refractivity contribution is -0.146. The van der Waals surface area contributed by atoms with E-state index in [2.05, 4.69) is 22.9 Å². The van der Waals surface area contributed by atoms with E-state index in [1.807, 2.05) is 0 Å². The molecule has 212 valence electrons. The molecule has 0 saturated carbocycles. The summed E-state index contributed by atoms with van der Waals surface area (Å²) in [7, 11) is 1.24. The summed E-state index contributed by atoms with van der Waals surface area (Å²) in [4.78, 5) is 64.2. The summed E-state index contributed by atoms with van der Waals surface area (Å²) < 4.78 is 4.72. The van der Waals surface area contributed by atoms with Crippen molar-refractivity contribution >= 4 is 29.6 Å². The standard InChI is InChI=1S/C27H48N4O6/c1-7-8-9-10-11-12-13-16-22(32)31-17-14-15-21(31)26(35)29-19(4)24(33)28-20(5)25(34)30-23(18(2)3)27(36)37-6/h18-21,23H,7-17H2,1-6H3,(H,28,33)(H,29,35)(H,30,34)/t19-,20-,21-,23-/m0/s1. The van der Waals surface area contributed by atoms with Gasteiger partial charge in [0.25, 0.3) is 0 Å². The fourth-order valence-electron chi connectivity index (χ4n) is 4.40. The number of unbranched alkanes of at least 4 members (excludes halogenated alkanes) is 6. The van der Waals surface area contributed by atoms with Crippen molar-refractivity contribution < 1.29 is 28.7 Å². The molecule has 0 aromatic rings. The van der Waals surface area contributed by atoms with Crippen LogP contribution in [0.15, 0.2) is 0 Å². The Balaban J connectivity index is 2.52. The topological polar surface area (TPSA) is 134 Å². The molecule has 4 atom stereocenters. The monoisotopic (exact) mass is 524 g/mol. The van der Waals surface area contributed by atoms with Crippen LogP contribution in [0, 0.1) is 5.92 Å². The van der Waals surface area contributed by atoms with Crippen molar-refractivity contribution in [2.45, 2.75) is 123 Å². The van der Waals surface area contributed by atoms with Gasteiger partial charge in [-0.25, -0.2) is 4.79 Å². The van der Waals surface area contributed by atoms with Crippen LogP contribution in [0.4, 0.5) is 0 Å². The van der Waals surface area contributed by atoms with Crippen molar-refractivity contribution in [3.63, 3.8) is 0 Å². The fraction of sp³-hybridized carbons (Fsp3) is 0.815. The van der Waals surface area contributed by atoms with Gasteiger partial charge in [-0.05, 0) is 39.0 Å². The number of likely N-dealkylation sites (tertiary alicyclic amines) is 1. The second-order valence-electron chi connectivity index (χ2n) is 10.3. The summed E-state index contributed by atoms with van der Waals surface area (Å²) in [6.07, 6.45) is 9.59. The van der Waals surface area contributed by atoms with Gasteiger partial charge < -0.3 is 25.6 Å². The molecule has 0 bridgehead atoms. The van der Waals surface area contributed by atoms with Crippen LogP contribution in [0.5, 0.6) is 0 Å². The van der Waals surface area contributed by atoms with E-state index in [-0.39, 0.29) is 17.7 Å². The lowest BCUT2D eigenvalue weighted by atomic mass is 10.0. The zero-order valence-corrected chi connectivity index (χ0v) is 23.6. The molecule has 10 heteroatoms. The van der Waals surface area contributed by atoms with Crippen molar-refractivity contribution in [2.24, 2.45) is 5.92 Å². The molecule has 1 aliphatic heterocycles. The molecule has 0 aliphatic carbocycles. The quantitative estimate of drug-likeness (QED) is 0.210. The maximum atomic E-state index is 12.9. The highest BCUT2D eigenvalue weighted by atomic mass is 16.5. The molecular formula is C27H48N4O6. The summed E-state index contributed by atoms with van der Waals surface area (Å²) in [5.74, 6) is -2.21. The second kappa shape index (κ2) is 17.0. The molecule has 3 N–H and O–H groups in total. The smallest absolute Gasteiger partial charge is 0.328 e. The van der Waals surface area contributed by atoms with Crippen molar-refractivity contribution in [2.75, 3.05) is 13.7 Å². The van der Waals surface area contributed by atoms with Crippen molar-refractivity contribution in [1.82, 2.24) is 20.9 Å². The molecule has 0 unspecified atom stereocenters. The van der Waals surface area contributed by atoms with Crippen LogP contribution in [-0.4, -0.2) is 72.3 Å². The Bertz CT molecular complexity index is 772. The first-order chi connectivity index (χ1) is 17.5. The lowest BCUT2D eigenvalue weighted by Crippen LogP contribution is -2.56. The molecule has 0 radical (unpaired) electrons. The zero-order valence-electron chi connectivity index (χ0n) is 23.6. The number of hydrogen-bond donors (Lipinski definition) is 3. The van der Waals surface area contributed by atoms with Gasteiger partial charge in [0.15, 0.2) is 0 Å². The maximum absolute atomic E-state index is 12.9. The zero-order chi connectivity index (χ0) is 28.0. The normalized spacial score (nSPS) is 17.6. The molecule has 1 rings (SSSR count). The molecule has 37 heavy (non-hydrogen) atoms. The summed E-state index contributed by atoms with van der Waals surface area (Å²) >= 11 is 0. The highest BCUT2D eigenvalue weighted by Gasteiger charge is 2.35. The first kappa shape index (κ1) is 32.4. The van der Waals surface area contributed by atoms with Gasteiger partial charge in [-0.3, -0.25) is 19.2 Å². The molecule has 1 aliphatic rings. The fourth-order valence-corrected chi connectivity index (χ4v) is 4.40. The number of ether oxygens (including phenoxy) is 1. The van der Waals surface area contributed by atoms with E-state index in [0.29, 0.717) is 19.4 Å². The summed E-state index contributed by atoms with van der Waals surface area (Å²) in [5.41, 5.74) is 0. The van der Waals surface area contributed by atoms with Gasteiger partial charge in [0.1, 0.15) is 24.2 Å². The van der Waals surface area contributed by atoms with Crippen LogP contribution in [0.1, 0.15) is 98.8 Å². The first-order valence-corrected chi connectivity index (χ1v) is 13.8. The number of rotatable bonds is 16. The highest BCUT2D eigenvalue weighted by Crippen LogP contribution is 2.20. The summed E-state index contributed by atoms with van der Waals surface area (Å²) in [6, 6.07) is -3.24. The van der Waals surface area contributed by atoms with Gasteiger partial charge in [0, 0.05) is 13.0 Å². The van der Waals surface area contributed by atoms with Gasteiger partial charge in [-0.1, -0.05) is 59.3 Å². The SMILES string of the molecule is CCCCCCCCCC(=O)N1CCC[C@H]1C(=O)N[C@@H](C)C(=O)N[C@@H](C)C(=O)N[C@H](C(=O)OC)C(C)C. The largest absolute Gasteiger partial charge is 0.467 e. The second-order valence-corrected chi connectivity index (χ2v) is 10.3. The van der Waals surface area contributed by atoms with E-state index in [9.17, 15) is 24.0 Å². The van der Waals surface area contributed by atoms with Crippen molar-refractivity contribution in [1.29, 1.82) is 0 Å². The van der Waals surface area contributed by atoms with E-state index in [1.54, 1.807) is 18.7 Å². The highest BCUT2D eigenvalue weighted by molar-refractivity contribution is 5.95. The van der Waals surface area contributed by atoms with E-state index in [4.69, 9.17) is 4.74 Å². The Morgan fingerprint density at radius 2 is 1.41 bits per heavy atom. The minimum Gasteiger partial charge on any atom is -0.467 e. The molecule has 1 saturated heterocycles. The number of amides is 4. The van der Waals surface area contributed by atoms with E-state index in [1.165, 1.54) is 46.6 Å². The van der Waals surface area contributed by atoms with Crippen molar-refractivity contribution in [3.05, 3.63) is 0 Å². The molecule has 0 aromatic carbocycles. The van der Waals surface area contributed by atoms with Crippen LogP contribution in [0.3, 0.4) is 0 Å².